The van der Waals surface area contributed by atoms with E-state index in [4.69, 9.17) is 0 Å². The van der Waals surface area contributed by atoms with E-state index >= 15 is 0 Å². The summed E-state index contributed by atoms with van der Waals surface area (Å²) in [6.45, 7) is 1.48. The molecule has 2 aromatic rings. The highest BCUT2D eigenvalue weighted by atomic mass is 79.9. The van der Waals surface area contributed by atoms with Gasteiger partial charge in [-0.25, -0.2) is 22.2 Å². The topological polar surface area (TPSA) is 106 Å². The summed E-state index contributed by atoms with van der Waals surface area (Å²) in [7, 11) is -0.804. The van der Waals surface area contributed by atoms with Gasteiger partial charge in [0, 0.05) is 50.2 Å². The van der Waals surface area contributed by atoms with Gasteiger partial charge in [-0.1, -0.05) is 0 Å². The van der Waals surface area contributed by atoms with Crippen LogP contribution in [0.1, 0.15) is 35.4 Å². The van der Waals surface area contributed by atoms with Crippen LogP contribution in [-0.4, -0.2) is 53.6 Å². The maximum atomic E-state index is 12.4. The average molecular weight is 486 g/mol. The molecular formula is C18H24BrN5O4S. The van der Waals surface area contributed by atoms with Gasteiger partial charge >= 0.3 is 5.69 Å². The van der Waals surface area contributed by atoms with Gasteiger partial charge in [-0.15, -0.1) is 0 Å². The normalized spacial score (nSPS) is 14.1. The van der Waals surface area contributed by atoms with E-state index in [-0.39, 0.29) is 22.1 Å². The number of amides is 1. The molecular weight excluding hydrogens is 462 g/mol. The molecule has 2 heterocycles. The molecule has 1 amide bonds. The zero-order valence-electron chi connectivity index (χ0n) is 16.4. The third kappa shape index (κ3) is 4.62. The Morgan fingerprint density at radius 3 is 2.76 bits per heavy atom. The molecule has 0 unspecified atom stereocenters. The van der Waals surface area contributed by atoms with Crippen LogP contribution in [0.25, 0.3) is 0 Å². The van der Waals surface area contributed by atoms with E-state index in [1.165, 1.54) is 24.8 Å². The summed E-state index contributed by atoms with van der Waals surface area (Å²) < 4.78 is 29.4. The van der Waals surface area contributed by atoms with Gasteiger partial charge in [-0.05, 0) is 53.4 Å². The zero-order valence-corrected chi connectivity index (χ0v) is 18.8. The van der Waals surface area contributed by atoms with Gasteiger partial charge < -0.3 is 5.32 Å². The van der Waals surface area contributed by atoms with Crippen molar-refractivity contribution in [2.75, 3.05) is 20.6 Å². The van der Waals surface area contributed by atoms with E-state index in [9.17, 15) is 18.0 Å². The summed E-state index contributed by atoms with van der Waals surface area (Å²) in [4.78, 5) is 24.7. The average Bonchev–Trinajstić information content (AvgIpc) is 3.01. The van der Waals surface area contributed by atoms with Gasteiger partial charge in [0.2, 0.25) is 10.0 Å². The molecule has 0 saturated heterocycles. The molecule has 1 N–H and O–H groups in total. The van der Waals surface area contributed by atoms with E-state index in [1.807, 2.05) is 0 Å². The fraction of sp³-hybridized carbons (Fsp3) is 0.500. The smallest absolute Gasteiger partial charge is 0.345 e. The van der Waals surface area contributed by atoms with Crippen LogP contribution in [0.3, 0.4) is 0 Å². The maximum absolute atomic E-state index is 12.4. The molecule has 0 spiro atoms. The molecule has 158 valence electrons. The first-order valence-electron chi connectivity index (χ1n) is 9.38. The van der Waals surface area contributed by atoms with Crippen molar-refractivity contribution in [2.45, 2.75) is 43.7 Å². The molecule has 1 aliphatic rings. The van der Waals surface area contributed by atoms with Gasteiger partial charge in [0.25, 0.3) is 5.91 Å². The number of hydrogen-bond donors (Lipinski definition) is 1. The van der Waals surface area contributed by atoms with E-state index < -0.39 is 10.0 Å². The van der Waals surface area contributed by atoms with Crippen molar-refractivity contribution >= 4 is 31.9 Å². The molecule has 0 bridgehead atoms. The fourth-order valence-corrected chi connectivity index (χ4v) is 5.01. The second kappa shape index (κ2) is 8.80. The second-order valence-corrected chi connectivity index (χ2v) is 10.0. The third-order valence-corrected chi connectivity index (χ3v) is 7.62. The van der Waals surface area contributed by atoms with Gasteiger partial charge in [-0.2, -0.15) is 5.10 Å². The Bertz CT molecular complexity index is 1070. The standard InChI is InChI=1S/C18H24BrN5O4S/c1-22(2)29(27,28)15-12-13(7-8-14(15)19)17(25)20-9-5-11-24-18(26)23-10-4-3-6-16(23)21-24/h7-8,12H,3-6,9-11H2,1-2H3,(H,20,25). The van der Waals surface area contributed by atoms with Crippen LogP contribution in [-0.2, 0) is 29.5 Å². The predicted molar refractivity (Wildman–Crippen MR) is 111 cm³/mol. The molecule has 0 fully saturated rings. The minimum Gasteiger partial charge on any atom is -0.352 e. The predicted octanol–water partition coefficient (Wildman–Crippen LogP) is 1.21. The van der Waals surface area contributed by atoms with Crippen molar-refractivity contribution in [3.05, 3.63) is 44.5 Å². The minimum absolute atomic E-state index is 0.0327. The van der Waals surface area contributed by atoms with Crippen molar-refractivity contribution in [3.8, 4) is 0 Å². The summed E-state index contributed by atoms with van der Waals surface area (Å²) >= 11 is 3.23. The Hall–Kier alpha value is -1.98. The van der Waals surface area contributed by atoms with E-state index in [0.717, 1.165) is 29.4 Å². The number of fused-ring (bicyclic) bond motifs is 1. The lowest BCUT2D eigenvalue weighted by Crippen LogP contribution is -2.29. The van der Waals surface area contributed by atoms with E-state index in [2.05, 4.69) is 26.3 Å². The number of carbonyl (C=O) groups excluding carboxylic acids is 1. The fourth-order valence-electron chi connectivity index (χ4n) is 3.17. The summed E-state index contributed by atoms with van der Waals surface area (Å²) in [5.41, 5.74) is 0.153. The molecule has 0 atom stereocenters. The van der Waals surface area contributed by atoms with Gasteiger partial charge in [-0.3, -0.25) is 9.36 Å². The van der Waals surface area contributed by atoms with Gasteiger partial charge in [0.15, 0.2) is 0 Å². The lowest BCUT2D eigenvalue weighted by molar-refractivity contribution is 0.0952. The van der Waals surface area contributed by atoms with Crippen molar-refractivity contribution < 1.29 is 13.2 Å². The maximum Gasteiger partial charge on any atom is 0.345 e. The SMILES string of the molecule is CN(C)S(=O)(=O)c1cc(C(=O)NCCCn2nc3n(c2=O)CCCC3)ccc1Br. The molecule has 3 rings (SSSR count). The van der Waals surface area contributed by atoms with Gasteiger partial charge in [0.1, 0.15) is 5.82 Å². The Kier molecular flexibility index (Phi) is 6.59. The molecule has 0 saturated carbocycles. The van der Waals surface area contributed by atoms with Crippen LogP contribution in [0.5, 0.6) is 0 Å². The van der Waals surface area contributed by atoms with Crippen LogP contribution in [0.4, 0.5) is 0 Å². The molecule has 0 radical (unpaired) electrons. The number of aromatic nitrogens is 3. The Morgan fingerprint density at radius 1 is 1.31 bits per heavy atom. The monoisotopic (exact) mass is 485 g/mol. The molecule has 1 aromatic heterocycles. The first-order chi connectivity index (χ1) is 13.7. The van der Waals surface area contributed by atoms with E-state index in [0.29, 0.717) is 30.5 Å². The lowest BCUT2D eigenvalue weighted by Gasteiger charge is -2.14. The first-order valence-corrected chi connectivity index (χ1v) is 11.6. The van der Waals surface area contributed by atoms with Gasteiger partial charge in [0.05, 0.1) is 4.90 Å². The summed E-state index contributed by atoms with van der Waals surface area (Å²) in [6.07, 6.45) is 3.40. The number of halogens is 1. The number of sulfonamides is 1. The van der Waals surface area contributed by atoms with Crippen LogP contribution in [0, 0.1) is 0 Å². The van der Waals surface area contributed by atoms with E-state index in [1.54, 1.807) is 16.7 Å². The molecule has 11 heteroatoms. The third-order valence-electron chi connectivity index (χ3n) is 4.82. The van der Waals surface area contributed by atoms with Crippen molar-refractivity contribution in [2.24, 2.45) is 0 Å². The molecule has 1 aliphatic heterocycles. The number of rotatable bonds is 7. The zero-order chi connectivity index (χ0) is 21.2. The van der Waals surface area contributed by atoms with Crippen molar-refractivity contribution in [1.29, 1.82) is 0 Å². The largest absolute Gasteiger partial charge is 0.352 e. The quantitative estimate of drug-likeness (QED) is 0.593. The van der Waals surface area contributed by atoms with Crippen LogP contribution >= 0.6 is 15.9 Å². The summed E-state index contributed by atoms with van der Waals surface area (Å²) in [5.74, 6) is 0.457. The van der Waals surface area contributed by atoms with Crippen LogP contribution < -0.4 is 11.0 Å². The molecule has 9 nitrogen and oxygen atoms in total. The highest BCUT2D eigenvalue weighted by molar-refractivity contribution is 9.10. The minimum atomic E-state index is -3.67. The first kappa shape index (κ1) is 21.7. The highest BCUT2D eigenvalue weighted by Crippen LogP contribution is 2.25. The lowest BCUT2D eigenvalue weighted by atomic mass is 10.2. The Labute approximate surface area is 177 Å². The van der Waals surface area contributed by atoms with Crippen LogP contribution in [0.2, 0.25) is 0 Å². The Morgan fingerprint density at radius 2 is 2.07 bits per heavy atom. The highest BCUT2D eigenvalue weighted by Gasteiger charge is 2.22. The molecule has 1 aromatic carbocycles. The molecule has 0 aliphatic carbocycles. The van der Waals surface area contributed by atoms with Crippen molar-refractivity contribution in [3.63, 3.8) is 0 Å². The summed E-state index contributed by atoms with van der Waals surface area (Å²) in [5, 5.41) is 7.13. The van der Waals surface area contributed by atoms with Crippen LogP contribution in [0.15, 0.2) is 32.4 Å². The Balaban J connectivity index is 1.60. The number of nitrogens with one attached hydrogen (secondary N) is 1. The van der Waals surface area contributed by atoms with Crippen molar-refractivity contribution in [1.82, 2.24) is 24.0 Å². The number of carbonyl (C=O) groups is 1. The molecule has 29 heavy (non-hydrogen) atoms. The summed E-state index contributed by atoms with van der Waals surface area (Å²) in [6, 6.07) is 4.45. The number of hydrogen-bond acceptors (Lipinski definition) is 5. The number of nitrogens with zero attached hydrogens (tertiary/aromatic N) is 4. The number of benzene rings is 1. The number of aryl methyl sites for hydroxylation is 2. The second-order valence-electron chi connectivity index (χ2n) is 7.07.